The number of aldehydes is 1. The molecule has 82 valence electrons. The van der Waals surface area contributed by atoms with E-state index in [0.29, 0.717) is 18.6 Å². The Morgan fingerprint density at radius 1 is 1.38 bits per heavy atom. The van der Waals surface area contributed by atoms with E-state index in [9.17, 15) is 4.79 Å². The van der Waals surface area contributed by atoms with E-state index < -0.39 is 0 Å². The van der Waals surface area contributed by atoms with Crippen LogP contribution < -0.4 is 4.74 Å². The van der Waals surface area contributed by atoms with E-state index in [1.54, 1.807) is 7.11 Å². The van der Waals surface area contributed by atoms with Crippen LogP contribution in [0.2, 0.25) is 0 Å². The van der Waals surface area contributed by atoms with Crippen molar-refractivity contribution in [2.24, 2.45) is 0 Å². The van der Waals surface area contributed by atoms with Crippen LogP contribution in [0, 0.1) is 0 Å². The minimum absolute atomic E-state index is 0.0727. The highest BCUT2D eigenvalue weighted by Gasteiger charge is 2.05. The zero-order valence-corrected chi connectivity index (χ0v) is 8.71. The lowest BCUT2D eigenvalue weighted by Crippen LogP contribution is -1.90. The Labute approximate surface area is 92.0 Å². The summed E-state index contributed by atoms with van der Waals surface area (Å²) in [6.45, 7) is 0. The summed E-state index contributed by atoms with van der Waals surface area (Å²) >= 11 is 0. The molecule has 2 aromatic rings. The molecule has 0 atom stereocenters. The largest absolute Gasteiger partial charge is 0.497 e. The molecule has 1 aromatic heterocycles. The molecule has 0 N–H and O–H groups in total. The van der Waals surface area contributed by atoms with Crippen molar-refractivity contribution in [2.75, 3.05) is 7.11 Å². The van der Waals surface area contributed by atoms with E-state index in [-0.39, 0.29) is 5.82 Å². The van der Waals surface area contributed by atoms with Gasteiger partial charge in [-0.3, -0.25) is 4.79 Å². The van der Waals surface area contributed by atoms with Gasteiger partial charge in [-0.15, -0.1) is 0 Å². The molecule has 0 aliphatic heterocycles. The quantitative estimate of drug-likeness (QED) is 0.727. The van der Waals surface area contributed by atoms with Gasteiger partial charge in [-0.05, 0) is 17.7 Å². The molecule has 1 heterocycles. The van der Waals surface area contributed by atoms with E-state index in [0.717, 1.165) is 11.3 Å². The summed E-state index contributed by atoms with van der Waals surface area (Å²) in [7, 11) is 1.61. The van der Waals surface area contributed by atoms with Gasteiger partial charge in [0.25, 0.3) is 0 Å². The second-order valence-corrected chi connectivity index (χ2v) is 3.19. The summed E-state index contributed by atoms with van der Waals surface area (Å²) in [6, 6.07) is 7.52. The number of carbonyl (C=O) groups is 1. The van der Waals surface area contributed by atoms with Crippen molar-refractivity contribution in [1.82, 2.24) is 10.1 Å². The Morgan fingerprint density at radius 2 is 2.12 bits per heavy atom. The summed E-state index contributed by atoms with van der Waals surface area (Å²) in [5.41, 5.74) is 1.02. The van der Waals surface area contributed by atoms with Gasteiger partial charge in [-0.2, -0.15) is 4.98 Å². The molecular weight excluding hydrogens is 208 g/mol. The predicted molar refractivity (Wildman–Crippen MR) is 55.5 cm³/mol. The normalized spacial score (nSPS) is 10.1. The molecule has 5 heteroatoms. The van der Waals surface area contributed by atoms with Gasteiger partial charge in [-0.25, -0.2) is 0 Å². The number of nitrogens with zero attached hydrogens (tertiary/aromatic N) is 2. The molecule has 0 saturated heterocycles. The molecule has 0 saturated carbocycles. The number of carbonyl (C=O) groups excluding carboxylic acids is 1. The number of methoxy groups -OCH3 is 1. The lowest BCUT2D eigenvalue weighted by molar-refractivity contribution is 0.111. The second-order valence-electron chi connectivity index (χ2n) is 3.19. The smallest absolute Gasteiger partial charge is 0.235 e. The van der Waals surface area contributed by atoms with Crippen molar-refractivity contribution in [3.8, 4) is 5.75 Å². The average Bonchev–Trinajstić information content (AvgIpc) is 2.78. The van der Waals surface area contributed by atoms with Crippen LogP contribution in [-0.2, 0) is 6.42 Å². The monoisotopic (exact) mass is 218 g/mol. The topological polar surface area (TPSA) is 65.2 Å². The number of rotatable bonds is 4. The maximum Gasteiger partial charge on any atom is 0.235 e. The number of benzene rings is 1. The third-order valence-electron chi connectivity index (χ3n) is 2.10. The predicted octanol–water partition coefficient (Wildman–Crippen LogP) is 1.48. The highest BCUT2D eigenvalue weighted by molar-refractivity contribution is 5.68. The van der Waals surface area contributed by atoms with Crippen molar-refractivity contribution in [1.29, 1.82) is 0 Å². The third-order valence-corrected chi connectivity index (χ3v) is 2.10. The summed E-state index contributed by atoms with van der Waals surface area (Å²) in [5.74, 6) is 1.29. The summed E-state index contributed by atoms with van der Waals surface area (Å²) in [5, 5.41) is 3.49. The minimum Gasteiger partial charge on any atom is -0.497 e. The van der Waals surface area contributed by atoms with Crippen LogP contribution in [0.15, 0.2) is 28.8 Å². The first kappa shape index (κ1) is 10.4. The highest BCUT2D eigenvalue weighted by Crippen LogP contribution is 2.13. The van der Waals surface area contributed by atoms with Crippen LogP contribution in [-0.4, -0.2) is 23.5 Å². The van der Waals surface area contributed by atoms with Crippen LogP contribution >= 0.6 is 0 Å². The van der Waals surface area contributed by atoms with E-state index >= 15 is 0 Å². The fraction of sp³-hybridized carbons (Fsp3) is 0.182. The van der Waals surface area contributed by atoms with Crippen LogP contribution in [0.1, 0.15) is 22.1 Å². The van der Waals surface area contributed by atoms with Crippen molar-refractivity contribution in [2.45, 2.75) is 6.42 Å². The Balaban J connectivity index is 2.10. The first-order valence-corrected chi connectivity index (χ1v) is 4.72. The van der Waals surface area contributed by atoms with E-state index in [1.165, 1.54) is 0 Å². The Morgan fingerprint density at radius 3 is 2.69 bits per heavy atom. The van der Waals surface area contributed by atoms with Crippen molar-refractivity contribution in [3.05, 3.63) is 41.5 Å². The molecule has 2 rings (SSSR count). The maximum atomic E-state index is 10.4. The summed E-state index contributed by atoms with van der Waals surface area (Å²) in [4.78, 5) is 14.2. The lowest BCUT2D eigenvalue weighted by Gasteiger charge is -2.00. The molecule has 1 aromatic carbocycles. The van der Waals surface area contributed by atoms with Gasteiger partial charge in [0, 0.05) is 0 Å². The maximum absolute atomic E-state index is 10.4. The third kappa shape index (κ3) is 2.25. The molecule has 5 nitrogen and oxygen atoms in total. The first-order chi connectivity index (χ1) is 7.81. The van der Waals surface area contributed by atoms with Crippen LogP contribution in [0.4, 0.5) is 0 Å². The molecule has 0 spiro atoms. The molecule has 0 unspecified atom stereocenters. The zero-order valence-electron chi connectivity index (χ0n) is 8.71. The number of aromatic nitrogens is 2. The van der Waals surface area contributed by atoms with Crippen LogP contribution in [0.5, 0.6) is 5.75 Å². The molecule has 16 heavy (non-hydrogen) atoms. The fourth-order valence-electron chi connectivity index (χ4n) is 1.31. The molecule has 0 aliphatic carbocycles. The molecule has 0 amide bonds. The van der Waals surface area contributed by atoms with E-state index in [4.69, 9.17) is 9.26 Å². The molecule has 0 aliphatic rings. The number of hydrogen-bond donors (Lipinski definition) is 0. The standard InChI is InChI=1S/C11H10N2O3/c1-15-9-4-2-8(3-5-9)6-11-12-10(7-14)13-16-11/h2-5,7H,6H2,1H3. The minimum atomic E-state index is 0.0727. The van der Waals surface area contributed by atoms with Crippen molar-refractivity contribution >= 4 is 6.29 Å². The SMILES string of the molecule is COc1ccc(Cc2nc(C=O)no2)cc1. The number of ether oxygens (including phenoxy) is 1. The van der Waals surface area contributed by atoms with Crippen LogP contribution in [0.3, 0.4) is 0 Å². The van der Waals surface area contributed by atoms with Gasteiger partial charge in [0.2, 0.25) is 11.7 Å². The van der Waals surface area contributed by atoms with E-state index in [2.05, 4.69) is 10.1 Å². The Hall–Kier alpha value is -2.17. The molecule has 0 fully saturated rings. The Kier molecular flexibility index (Phi) is 2.95. The fourth-order valence-corrected chi connectivity index (χ4v) is 1.31. The molecular formula is C11H10N2O3. The van der Waals surface area contributed by atoms with Gasteiger partial charge in [0.1, 0.15) is 5.75 Å². The molecule has 0 radical (unpaired) electrons. The first-order valence-electron chi connectivity index (χ1n) is 4.72. The summed E-state index contributed by atoms with van der Waals surface area (Å²) < 4.78 is 9.94. The van der Waals surface area contributed by atoms with E-state index in [1.807, 2.05) is 24.3 Å². The zero-order chi connectivity index (χ0) is 11.4. The highest BCUT2D eigenvalue weighted by atomic mass is 16.5. The number of hydrogen-bond acceptors (Lipinski definition) is 5. The Bertz CT molecular complexity index is 476. The summed E-state index contributed by atoms with van der Waals surface area (Å²) in [6.07, 6.45) is 1.06. The lowest BCUT2D eigenvalue weighted by atomic mass is 10.1. The van der Waals surface area contributed by atoms with Gasteiger partial charge in [0.05, 0.1) is 13.5 Å². The second kappa shape index (κ2) is 4.57. The van der Waals surface area contributed by atoms with Crippen LogP contribution in [0.25, 0.3) is 0 Å². The molecule has 0 bridgehead atoms. The van der Waals surface area contributed by atoms with Gasteiger partial charge >= 0.3 is 0 Å². The van der Waals surface area contributed by atoms with Gasteiger partial charge < -0.3 is 9.26 Å². The van der Waals surface area contributed by atoms with Gasteiger partial charge in [0.15, 0.2) is 6.29 Å². The van der Waals surface area contributed by atoms with Crippen molar-refractivity contribution in [3.63, 3.8) is 0 Å². The average molecular weight is 218 g/mol. The van der Waals surface area contributed by atoms with Gasteiger partial charge in [-0.1, -0.05) is 17.3 Å². The van der Waals surface area contributed by atoms with Crippen molar-refractivity contribution < 1.29 is 14.1 Å².